The predicted octanol–water partition coefficient (Wildman–Crippen LogP) is 5.30. The number of imide groups is 1. The minimum absolute atomic E-state index is 0.358. The van der Waals surface area contributed by atoms with Crippen molar-refractivity contribution in [3.05, 3.63) is 90.1 Å². The third-order valence-corrected chi connectivity index (χ3v) is 5.57. The van der Waals surface area contributed by atoms with Crippen molar-refractivity contribution in [2.24, 2.45) is 0 Å². The maximum atomic E-state index is 13.8. The summed E-state index contributed by atoms with van der Waals surface area (Å²) in [5.41, 5.74) is 2.74. The number of hydrogen-bond donors (Lipinski definition) is 0. The van der Waals surface area contributed by atoms with Gasteiger partial charge in [-0.25, -0.2) is 4.90 Å². The van der Waals surface area contributed by atoms with Crippen molar-refractivity contribution < 1.29 is 19.1 Å². The molecule has 6 nitrogen and oxygen atoms in total. The molecular weight excluding hydrogens is 428 g/mol. The van der Waals surface area contributed by atoms with Crippen molar-refractivity contribution in [2.75, 3.05) is 29.6 Å². The van der Waals surface area contributed by atoms with E-state index in [1.165, 1.54) is 4.90 Å². The van der Waals surface area contributed by atoms with Gasteiger partial charge < -0.3 is 14.4 Å². The minimum atomic E-state index is -0.359. The average Bonchev–Trinajstić information content (AvgIpc) is 3.12. The number of nitrogens with zero attached hydrogens (tertiary/aromatic N) is 2. The fraction of sp³-hybridized carbons (Fsp3) is 0.214. The summed E-state index contributed by atoms with van der Waals surface area (Å²) < 4.78 is 11.1. The molecule has 0 aromatic heterocycles. The fourth-order valence-corrected chi connectivity index (χ4v) is 4.08. The monoisotopic (exact) mass is 456 g/mol. The Hall–Kier alpha value is -4.06. The summed E-state index contributed by atoms with van der Waals surface area (Å²) in [5, 5.41) is 0. The Kier molecular flexibility index (Phi) is 6.97. The van der Waals surface area contributed by atoms with E-state index in [0.29, 0.717) is 53.8 Å². The van der Waals surface area contributed by atoms with Crippen LogP contribution in [0.2, 0.25) is 0 Å². The summed E-state index contributed by atoms with van der Waals surface area (Å²) >= 11 is 0. The molecule has 3 aromatic rings. The van der Waals surface area contributed by atoms with Gasteiger partial charge in [-0.05, 0) is 74.9 Å². The van der Waals surface area contributed by atoms with Crippen LogP contribution in [0.1, 0.15) is 26.3 Å². The number of hydrogen-bond acceptors (Lipinski definition) is 5. The molecule has 0 saturated carbocycles. The van der Waals surface area contributed by atoms with Gasteiger partial charge in [0.05, 0.1) is 24.5 Å². The molecule has 0 bridgehead atoms. The SMILES string of the molecule is CCOc1ccc(C2=C(N(CC)c3ccccc3)C(=O)N(c3ccc(OCC)cc3)C2=O)cc1. The zero-order valence-electron chi connectivity index (χ0n) is 19.7. The quantitative estimate of drug-likeness (QED) is 0.409. The molecule has 4 rings (SSSR count). The van der Waals surface area contributed by atoms with E-state index in [9.17, 15) is 9.59 Å². The van der Waals surface area contributed by atoms with Gasteiger partial charge in [-0.15, -0.1) is 0 Å². The van der Waals surface area contributed by atoms with Crippen LogP contribution in [0.4, 0.5) is 11.4 Å². The molecule has 34 heavy (non-hydrogen) atoms. The largest absolute Gasteiger partial charge is 0.494 e. The Morgan fingerprint density at radius 1 is 0.706 bits per heavy atom. The lowest BCUT2D eigenvalue weighted by Gasteiger charge is -2.25. The van der Waals surface area contributed by atoms with Gasteiger partial charge >= 0.3 is 0 Å². The first-order valence-electron chi connectivity index (χ1n) is 11.5. The molecule has 0 radical (unpaired) electrons. The molecule has 174 valence electrons. The van der Waals surface area contributed by atoms with Gasteiger partial charge in [0.15, 0.2) is 0 Å². The van der Waals surface area contributed by atoms with Crippen molar-refractivity contribution in [3.63, 3.8) is 0 Å². The molecule has 0 saturated heterocycles. The van der Waals surface area contributed by atoms with Crippen LogP contribution in [0.25, 0.3) is 5.57 Å². The van der Waals surface area contributed by atoms with E-state index in [1.807, 2.05) is 80.3 Å². The van der Waals surface area contributed by atoms with Crippen LogP contribution < -0.4 is 19.3 Å². The number of carbonyl (C=O) groups is 2. The second kappa shape index (κ2) is 10.3. The molecule has 0 fully saturated rings. The molecule has 0 N–H and O–H groups in total. The fourth-order valence-electron chi connectivity index (χ4n) is 4.08. The van der Waals surface area contributed by atoms with Gasteiger partial charge in [0.2, 0.25) is 0 Å². The molecule has 0 unspecified atom stereocenters. The minimum Gasteiger partial charge on any atom is -0.494 e. The van der Waals surface area contributed by atoms with E-state index in [1.54, 1.807) is 24.3 Å². The molecule has 6 heteroatoms. The first kappa shape index (κ1) is 23.1. The molecule has 2 amide bonds. The van der Waals surface area contributed by atoms with Crippen LogP contribution in [0.15, 0.2) is 84.6 Å². The van der Waals surface area contributed by atoms with E-state index < -0.39 is 0 Å². The van der Waals surface area contributed by atoms with Crippen molar-refractivity contribution in [1.82, 2.24) is 0 Å². The molecule has 0 aliphatic carbocycles. The van der Waals surface area contributed by atoms with Crippen LogP contribution >= 0.6 is 0 Å². The third-order valence-electron chi connectivity index (χ3n) is 5.57. The van der Waals surface area contributed by atoms with Crippen molar-refractivity contribution in [3.8, 4) is 11.5 Å². The molecule has 1 heterocycles. The highest BCUT2D eigenvalue weighted by molar-refractivity contribution is 6.46. The Labute approximate surface area is 200 Å². The lowest BCUT2D eigenvalue weighted by Crippen LogP contribution is -2.35. The second-order valence-corrected chi connectivity index (χ2v) is 7.63. The van der Waals surface area contributed by atoms with E-state index in [2.05, 4.69) is 0 Å². The first-order chi connectivity index (χ1) is 16.6. The van der Waals surface area contributed by atoms with Gasteiger partial charge in [0.25, 0.3) is 11.8 Å². The Balaban J connectivity index is 1.82. The molecule has 1 aliphatic heterocycles. The maximum absolute atomic E-state index is 13.8. The van der Waals surface area contributed by atoms with Crippen LogP contribution in [-0.4, -0.2) is 31.6 Å². The number of anilines is 2. The zero-order chi connectivity index (χ0) is 24.1. The van der Waals surface area contributed by atoms with Gasteiger partial charge in [-0.3, -0.25) is 9.59 Å². The van der Waals surface area contributed by atoms with Crippen molar-refractivity contribution in [2.45, 2.75) is 20.8 Å². The molecule has 0 spiro atoms. The zero-order valence-corrected chi connectivity index (χ0v) is 19.7. The lowest BCUT2D eigenvalue weighted by atomic mass is 10.0. The summed E-state index contributed by atoms with van der Waals surface area (Å²) in [6.07, 6.45) is 0. The molecule has 3 aromatic carbocycles. The van der Waals surface area contributed by atoms with Gasteiger partial charge in [-0.1, -0.05) is 30.3 Å². The number of para-hydroxylation sites is 1. The Morgan fingerprint density at radius 2 is 1.26 bits per heavy atom. The third kappa shape index (κ3) is 4.39. The topological polar surface area (TPSA) is 59.1 Å². The Bertz CT molecular complexity index is 1190. The normalized spacial score (nSPS) is 13.4. The van der Waals surface area contributed by atoms with E-state index in [-0.39, 0.29) is 11.8 Å². The van der Waals surface area contributed by atoms with Crippen LogP contribution in [0.3, 0.4) is 0 Å². The summed E-state index contributed by atoms with van der Waals surface area (Å²) in [5.74, 6) is 0.681. The summed E-state index contributed by atoms with van der Waals surface area (Å²) in [6.45, 7) is 7.40. The standard InChI is InChI=1S/C28H28N2O4/c1-4-29(21-10-8-7-9-11-21)26-25(20-12-16-23(17-13-20)33-5-2)27(31)30(28(26)32)22-14-18-24(19-15-22)34-6-3/h7-19H,4-6H2,1-3H3. The smallest absolute Gasteiger partial charge is 0.282 e. The molecular formula is C28H28N2O4. The summed E-state index contributed by atoms with van der Waals surface area (Å²) in [4.78, 5) is 30.7. The van der Waals surface area contributed by atoms with Gasteiger partial charge in [0.1, 0.15) is 17.2 Å². The highest BCUT2D eigenvalue weighted by Crippen LogP contribution is 2.37. The highest BCUT2D eigenvalue weighted by atomic mass is 16.5. The van der Waals surface area contributed by atoms with Crippen LogP contribution in [-0.2, 0) is 9.59 Å². The number of benzene rings is 3. The Morgan fingerprint density at radius 3 is 1.79 bits per heavy atom. The maximum Gasteiger partial charge on any atom is 0.282 e. The van der Waals surface area contributed by atoms with Gasteiger partial charge in [-0.2, -0.15) is 0 Å². The lowest BCUT2D eigenvalue weighted by molar-refractivity contribution is -0.120. The second-order valence-electron chi connectivity index (χ2n) is 7.63. The number of amides is 2. The van der Waals surface area contributed by atoms with Crippen molar-refractivity contribution >= 4 is 28.8 Å². The van der Waals surface area contributed by atoms with Crippen molar-refractivity contribution in [1.29, 1.82) is 0 Å². The van der Waals surface area contributed by atoms with Crippen LogP contribution in [0, 0.1) is 0 Å². The van der Waals surface area contributed by atoms with E-state index in [0.717, 1.165) is 5.69 Å². The number of carbonyl (C=O) groups excluding carboxylic acids is 2. The number of ether oxygens (including phenoxy) is 2. The highest BCUT2D eigenvalue weighted by Gasteiger charge is 2.42. The van der Waals surface area contributed by atoms with Crippen LogP contribution in [0.5, 0.6) is 11.5 Å². The number of likely N-dealkylation sites (N-methyl/N-ethyl adjacent to an activating group) is 1. The van der Waals surface area contributed by atoms with Gasteiger partial charge in [0, 0.05) is 12.2 Å². The first-order valence-corrected chi connectivity index (χ1v) is 11.5. The van der Waals surface area contributed by atoms with E-state index in [4.69, 9.17) is 9.47 Å². The summed E-state index contributed by atoms with van der Waals surface area (Å²) in [6, 6.07) is 23.9. The molecule has 1 aliphatic rings. The summed E-state index contributed by atoms with van der Waals surface area (Å²) in [7, 11) is 0. The molecule has 0 atom stereocenters. The van der Waals surface area contributed by atoms with E-state index >= 15 is 0 Å². The predicted molar refractivity (Wildman–Crippen MR) is 134 cm³/mol. The number of rotatable bonds is 9. The average molecular weight is 457 g/mol.